The fourth-order valence-corrected chi connectivity index (χ4v) is 4.06. The SMILES string of the molecule is CCCOc1ccc(C(=O)O)cc1[C@H]1C[C@](C)(NC(C)=O)C[C@@H](c2ccc(F)cc2)O1. The lowest BCUT2D eigenvalue weighted by molar-refractivity contribution is -0.126. The lowest BCUT2D eigenvalue weighted by Gasteiger charge is -2.43. The number of halogens is 1. The molecule has 6 nitrogen and oxygen atoms in total. The average molecular weight is 429 g/mol. The molecule has 0 aromatic heterocycles. The maximum absolute atomic E-state index is 13.4. The zero-order valence-corrected chi connectivity index (χ0v) is 18.0. The molecule has 0 radical (unpaired) electrons. The van der Waals surface area contributed by atoms with Gasteiger partial charge in [-0.1, -0.05) is 19.1 Å². The van der Waals surface area contributed by atoms with Crippen LogP contribution in [0.3, 0.4) is 0 Å². The van der Waals surface area contributed by atoms with Crippen LogP contribution in [0.1, 0.15) is 73.7 Å². The van der Waals surface area contributed by atoms with Crippen LogP contribution in [0.2, 0.25) is 0 Å². The molecule has 0 aliphatic carbocycles. The van der Waals surface area contributed by atoms with Crippen molar-refractivity contribution in [1.29, 1.82) is 0 Å². The van der Waals surface area contributed by atoms with Gasteiger partial charge in [0.2, 0.25) is 5.91 Å². The maximum atomic E-state index is 13.4. The number of carboxylic acids is 1. The number of aromatic carboxylic acids is 1. The Kier molecular flexibility index (Phi) is 6.95. The van der Waals surface area contributed by atoms with Crippen LogP contribution in [-0.2, 0) is 9.53 Å². The van der Waals surface area contributed by atoms with Gasteiger partial charge in [-0.2, -0.15) is 0 Å². The van der Waals surface area contributed by atoms with Gasteiger partial charge < -0.3 is 19.9 Å². The normalized spacial score (nSPS) is 23.2. The molecule has 0 saturated carbocycles. The molecular formula is C24H28FNO5. The minimum Gasteiger partial charge on any atom is -0.493 e. The molecule has 2 aromatic rings. The third-order valence-electron chi connectivity index (χ3n) is 5.39. The molecular weight excluding hydrogens is 401 g/mol. The molecule has 2 aromatic carbocycles. The lowest BCUT2D eigenvalue weighted by Crippen LogP contribution is -2.50. The Balaban J connectivity index is 2.03. The van der Waals surface area contributed by atoms with Gasteiger partial charge in [-0.05, 0) is 49.2 Å². The predicted octanol–water partition coefficient (Wildman–Crippen LogP) is 4.80. The summed E-state index contributed by atoms with van der Waals surface area (Å²) in [5.74, 6) is -0.992. The van der Waals surface area contributed by atoms with Crippen molar-refractivity contribution in [2.75, 3.05) is 6.61 Å². The second kappa shape index (κ2) is 9.47. The molecule has 1 fully saturated rings. The number of benzene rings is 2. The Morgan fingerprint density at radius 3 is 2.48 bits per heavy atom. The van der Waals surface area contributed by atoms with Crippen LogP contribution in [-0.4, -0.2) is 29.1 Å². The van der Waals surface area contributed by atoms with Crippen molar-refractivity contribution in [3.05, 3.63) is 65.0 Å². The molecule has 166 valence electrons. The molecule has 1 heterocycles. The van der Waals surface area contributed by atoms with E-state index in [0.29, 0.717) is 30.8 Å². The molecule has 1 aliphatic rings. The maximum Gasteiger partial charge on any atom is 0.335 e. The first-order chi connectivity index (χ1) is 14.7. The average Bonchev–Trinajstić information content (AvgIpc) is 2.71. The van der Waals surface area contributed by atoms with Crippen molar-refractivity contribution in [1.82, 2.24) is 5.32 Å². The van der Waals surface area contributed by atoms with Crippen LogP contribution in [0.15, 0.2) is 42.5 Å². The highest BCUT2D eigenvalue weighted by Gasteiger charge is 2.41. The molecule has 0 spiro atoms. The van der Waals surface area contributed by atoms with Gasteiger partial charge in [0.1, 0.15) is 11.6 Å². The molecule has 31 heavy (non-hydrogen) atoms. The first kappa shape index (κ1) is 22.7. The zero-order valence-electron chi connectivity index (χ0n) is 18.0. The van der Waals surface area contributed by atoms with Crippen molar-refractivity contribution >= 4 is 11.9 Å². The number of hydrogen-bond donors (Lipinski definition) is 2. The van der Waals surface area contributed by atoms with Crippen LogP contribution in [0.4, 0.5) is 4.39 Å². The number of hydrogen-bond acceptors (Lipinski definition) is 4. The van der Waals surface area contributed by atoms with E-state index in [9.17, 15) is 19.1 Å². The van der Waals surface area contributed by atoms with Crippen molar-refractivity contribution in [3.63, 3.8) is 0 Å². The minimum atomic E-state index is -1.04. The van der Waals surface area contributed by atoms with Crippen LogP contribution in [0.5, 0.6) is 5.75 Å². The molecule has 1 aliphatic heterocycles. The van der Waals surface area contributed by atoms with E-state index >= 15 is 0 Å². The first-order valence-electron chi connectivity index (χ1n) is 10.4. The van der Waals surface area contributed by atoms with Crippen LogP contribution < -0.4 is 10.1 Å². The number of carbonyl (C=O) groups excluding carboxylic acids is 1. The van der Waals surface area contributed by atoms with E-state index in [-0.39, 0.29) is 17.3 Å². The van der Waals surface area contributed by atoms with Gasteiger partial charge in [-0.25, -0.2) is 9.18 Å². The number of rotatable bonds is 7. The Bertz CT molecular complexity index is 945. The van der Waals surface area contributed by atoms with E-state index < -0.39 is 23.7 Å². The molecule has 2 N–H and O–H groups in total. The monoisotopic (exact) mass is 429 g/mol. The lowest BCUT2D eigenvalue weighted by atomic mass is 9.81. The Morgan fingerprint density at radius 2 is 1.87 bits per heavy atom. The predicted molar refractivity (Wildman–Crippen MR) is 114 cm³/mol. The highest BCUT2D eigenvalue weighted by molar-refractivity contribution is 5.88. The van der Waals surface area contributed by atoms with Crippen molar-refractivity contribution in [2.24, 2.45) is 0 Å². The summed E-state index contributed by atoms with van der Waals surface area (Å²) in [6, 6.07) is 10.8. The van der Waals surface area contributed by atoms with Gasteiger partial charge in [0.05, 0.1) is 24.4 Å². The van der Waals surface area contributed by atoms with E-state index in [1.54, 1.807) is 24.3 Å². The minimum absolute atomic E-state index is 0.132. The third-order valence-corrected chi connectivity index (χ3v) is 5.39. The summed E-state index contributed by atoms with van der Waals surface area (Å²) >= 11 is 0. The van der Waals surface area contributed by atoms with E-state index in [4.69, 9.17) is 9.47 Å². The van der Waals surface area contributed by atoms with E-state index in [0.717, 1.165) is 12.0 Å². The summed E-state index contributed by atoms with van der Waals surface area (Å²) in [4.78, 5) is 23.5. The number of carboxylic acid groups (broad SMARTS) is 1. The molecule has 3 rings (SSSR count). The fourth-order valence-electron chi connectivity index (χ4n) is 4.06. The third kappa shape index (κ3) is 5.61. The Hall–Kier alpha value is -2.93. The van der Waals surface area contributed by atoms with Gasteiger partial charge in [0.25, 0.3) is 0 Å². The number of carbonyl (C=O) groups is 2. The molecule has 7 heteroatoms. The van der Waals surface area contributed by atoms with E-state index in [2.05, 4.69) is 5.32 Å². The van der Waals surface area contributed by atoms with Crippen LogP contribution in [0, 0.1) is 5.82 Å². The van der Waals surface area contributed by atoms with Gasteiger partial charge in [0.15, 0.2) is 0 Å². The van der Waals surface area contributed by atoms with Crippen LogP contribution >= 0.6 is 0 Å². The van der Waals surface area contributed by atoms with E-state index in [1.807, 2.05) is 13.8 Å². The first-order valence-corrected chi connectivity index (χ1v) is 10.4. The van der Waals surface area contributed by atoms with Gasteiger partial charge >= 0.3 is 5.97 Å². The summed E-state index contributed by atoms with van der Waals surface area (Å²) in [7, 11) is 0. The molecule has 0 unspecified atom stereocenters. The molecule has 1 amide bonds. The second-order valence-electron chi connectivity index (χ2n) is 8.22. The summed E-state index contributed by atoms with van der Waals surface area (Å²) < 4.78 is 25.7. The number of amides is 1. The molecule has 0 bridgehead atoms. The Labute approximate surface area is 181 Å². The highest BCUT2D eigenvalue weighted by atomic mass is 19.1. The summed E-state index contributed by atoms with van der Waals surface area (Å²) in [5.41, 5.74) is 0.937. The second-order valence-corrected chi connectivity index (χ2v) is 8.22. The molecule has 3 atom stereocenters. The zero-order chi connectivity index (χ0) is 22.6. The van der Waals surface area contributed by atoms with Crippen molar-refractivity contribution in [2.45, 2.75) is 57.8 Å². The van der Waals surface area contributed by atoms with Crippen molar-refractivity contribution < 1.29 is 28.6 Å². The smallest absolute Gasteiger partial charge is 0.335 e. The summed E-state index contributed by atoms with van der Waals surface area (Å²) in [6.45, 7) is 5.87. The van der Waals surface area contributed by atoms with Gasteiger partial charge in [0, 0.05) is 30.9 Å². The standard InChI is InChI=1S/C24H28FNO5/c1-4-11-30-20-10-7-17(23(28)29)12-19(20)22-14-24(3,26-15(2)27)13-21(31-22)16-5-8-18(25)9-6-16/h5-10,12,21-22H,4,11,13-14H2,1-3H3,(H,26,27)(H,28,29)/t21-,22+,24+/m0/s1. The number of nitrogens with one attached hydrogen (secondary N) is 1. The van der Waals surface area contributed by atoms with Gasteiger partial charge in [-0.3, -0.25) is 4.79 Å². The number of ether oxygens (including phenoxy) is 2. The van der Waals surface area contributed by atoms with Crippen LogP contribution in [0.25, 0.3) is 0 Å². The fraction of sp³-hybridized carbons (Fsp3) is 0.417. The van der Waals surface area contributed by atoms with Gasteiger partial charge in [-0.15, -0.1) is 0 Å². The largest absolute Gasteiger partial charge is 0.493 e. The quantitative estimate of drug-likeness (QED) is 0.660. The Morgan fingerprint density at radius 1 is 1.19 bits per heavy atom. The van der Waals surface area contributed by atoms with Crippen molar-refractivity contribution in [3.8, 4) is 5.75 Å². The summed E-state index contributed by atoms with van der Waals surface area (Å²) in [6.07, 6.45) is 0.803. The topological polar surface area (TPSA) is 84.9 Å². The summed E-state index contributed by atoms with van der Waals surface area (Å²) in [5, 5.41) is 12.5. The highest BCUT2D eigenvalue weighted by Crippen LogP contribution is 2.46. The molecule has 1 saturated heterocycles. The van der Waals surface area contributed by atoms with E-state index in [1.165, 1.54) is 25.1 Å².